The van der Waals surface area contributed by atoms with Gasteiger partial charge in [-0.3, -0.25) is 0 Å². The molecule has 0 atom stereocenters. The van der Waals surface area contributed by atoms with Gasteiger partial charge in [0.25, 0.3) is 0 Å². The molecule has 0 bridgehead atoms. The number of carboxylic acid groups (broad SMARTS) is 2. The Labute approximate surface area is 113 Å². The Morgan fingerprint density at radius 2 is 1.06 bits per heavy atom. The first-order valence-corrected chi connectivity index (χ1v) is 12.9. The van der Waals surface area contributed by atoms with Crippen LogP contribution in [0.4, 0.5) is 4.79 Å². The smallest absolute Gasteiger partial charge is 0.450 e. The number of carbonyl (C=O) groups is 1. The molecule has 0 fully saturated rings. The van der Waals surface area contributed by atoms with E-state index in [4.69, 9.17) is 15.0 Å². The summed E-state index contributed by atoms with van der Waals surface area (Å²) < 4.78 is 5.04. The number of rotatable bonds is 9. The Hall–Kier alpha value is 0.0687. The minimum absolute atomic E-state index is 0.839. The molecule has 0 heterocycles. The fourth-order valence-electron chi connectivity index (χ4n) is 1.66. The van der Waals surface area contributed by atoms with Crippen molar-refractivity contribution in [3.8, 4) is 0 Å². The zero-order valence-electron chi connectivity index (χ0n) is 11.7. The van der Waals surface area contributed by atoms with Gasteiger partial charge in [0, 0.05) is 0 Å². The number of hydrogen-bond donors (Lipinski definition) is 2. The van der Waals surface area contributed by atoms with Crippen molar-refractivity contribution in [2.24, 2.45) is 0 Å². The van der Waals surface area contributed by atoms with Crippen molar-refractivity contribution in [2.75, 3.05) is 0 Å². The topological polar surface area (TPSA) is 57.5 Å². The second-order valence-corrected chi connectivity index (χ2v) is 12.9. The van der Waals surface area contributed by atoms with Crippen LogP contribution in [-0.2, 0) is 0 Å². The normalized spacial score (nSPS) is 9.88. The maximum atomic E-state index is 8.56. The van der Waals surface area contributed by atoms with Gasteiger partial charge in [-0.2, -0.15) is 0 Å². The molecule has 0 aromatic heterocycles. The van der Waals surface area contributed by atoms with Crippen molar-refractivity contribution in [1.29, 1.82) is 0 Å². The van der Waals surface area contributed by atoms with Crippen molar-refractivity contribution in [3.63, 3.8) is 0 Å². The molecule has 0 aliphatic heterocycles. The summed E-state index contributed by atoms with van der Waals surface area (Å²) in [5.74, 6) is 0. The van der Waals surface area contributed by atoms with Gasteiger partial charge in [-0.1, -0.05) is 0 Å². The molecule has 0 spiro atoms. The van der Waals surface area contributed by atoms with Gasteiger partial charge >= 0.3 is 98.5 Å². The summed E-state index contributed by atoms with van der Waals surface area (Å²) in [7, 11) is 0. The third-order valence-electron chi connectivity index (χ3n) is 2.65. The molecule has 0 aromatic rings. The van der Waals surface area contributed by atoms with Gasteiger partial charge < -0.3 is 10.2 Å². The van der Waals surface area contributed by atoms with Gasteiger partial charge in [0.1, 0.15) is 0 Å². The van der Waals surface area contributed by atoms with E-state index in [1.54, 1.807) is 13.3 Å². The molecular formula is C13H29O3Sn. The van der Waals surface area contributed by atoms with Crippen LogP contribution in [-0.4, -0.2) is 36.1 Å². The van der Waals surface area contributed by atoms with E-state index in [1.807, 2.05) is 0 Å². The molecule has 3 nitrogen and oxygen atoms in total. The van der Waals surface area contributed by atoms with Gasteiger partial charge in [-0.05, 0) is 0 Å². The zero-order valence-corrected chi connectivity index (χ0v) is 14.5. The minimum Gasteiger partial charge on any atom is -0.450 e. The molecule has 1 radical (unpaired) electrons. The van der Waals surface area contributed by atoms with Crippen LogP contribution >= 0.6 is 0 Å². The maximum Gasteiger partial charge on any atom is 0.503 e. The van der Waals surface area contributed by atoms with Gasteiger partial charge in [0.2, 0.25) is 0 Å². The molecule has 0 saturated carbocycles. The third kappa shape index (κ3) is 21.8. The summed E-state index contributed by atoms with van der Waals surface area (Å²) in [5, 5.41) is 13.9. The summed E-state index contributed by atoms with van der Waals surface area (Å²) in [6, 6.07) is 0. The van der Waals surface area contributed by atoms with Crippen LogP contribution in [0.1, 0.15) is 59.3 Å². The van der Waals surface area contributed by atoms with Crippen molar-refractivity contribution in [2.45, 2.75) is 72.6 Å². The van der Waals surface area contributed by atoms with E-state index in [-0.39, 0.29) is 0 Å². The van der Waals surface area contributed by atoms with E-state index in [2.05, 4.69) is 20.8 Å². The molecule has 0 aromatic carbocycles. The number of unbranched alkanes of at least 4 members (excludes halogenated alkanes) is 3. The Morgan fingerprint density at radius 1 is 0.824 bits per heavy atom. The molecule has 0 aliphatic rings. The minimum atomic E-state index is -1.83. The summed E-state index contributed by atoms with van der Waals surface area (Å²) >= 11 is -0.839. The van der Waals surface area contributed by atoms with Gasteiger partial charge in [0.05, 0.1) is 0 Å². The fraction of sp³-hybridized carbons (Fsp3) is 0.923. The van der Waals surface area contributed by atoms with Crippen LogP contribution in [0.5, 0.6) is 0 Å². The van der Waals surface area contributed by atoms with Gasteiger partial charge in [-0.25, -0.2) is 4.79 Å². The molecule has 0 aliphatic carbocycles. The molecule has 17 heavy (non-hydrogen) atoms. The predicted molar refractivity (Wildman–Crippen MR) is 75.6 cm³/mol. The van der Waals surface area contributed by atoms with Crippen molar-refractivity contribution in [1.82, 2.24) is 0 Å². The molecule has 0 rings (SSSR count). The first-order chi connectivity index (χ1) is 8.08. The van der Waals surface area contributed by atoms with E-state index in [0.717, 1.165) is 0 Å². The predicted octanol–water partition coefficient (Wildman–Crippen LogP) is 5.10. The SMILES string of the molecule is CCC[CH2][Sn]([CH2]CCC)[CH2]CCC.O=C(O)O. The molecule has 103 valence electrons. The van der Waals surface area contributed by atoms with Crippen molar-refractivity contribution < 1.29 is 15.0 Å². The summed E-state index contributed by atoms with van der Waals surface area (Å²) in [6.07, 6.45) is 7.01. The van der Waals surface area contributed by atoms with Crippen LogP contribution in [0, 0.1) is 0 Å². The molecule has 0 unspecified atom stereocenters. The average molecular weight is 352 g/mol. The van der Waals surface area contributed by atoms with Crippen LogP contribution in [0.3, 0.4) is 0 Å². The van der Waals surface area contributed by atoms with E-state index < -0.39 is 25.9 Å². The zero-order chi connectivity index (χ0) is 13.5. The first-order valence-electron chi connectivity index (χ1n) is 6.83. The third-order valence-corrected chi connectivity index (χ3v) is 11.7. The summed E-state index contributed by atoms with van der Waals surface area (Å²) in [4.78, 5) is 8.56. The first kappa shape index (κ1) is 19.4. The van der Waals surface area contributed by atoms with Crippen molar-refractivity contribution in [3.05, 3.63) is 0 Å². The van der Waals surface area contributed by atoms with E-state index >= 15 is 0 Å². The van der Waals surface area contributed by atoms with E-state index in [9.17, 15) is 0 Å². The van der Waals surface area contributed by atoms with Crippen LogP contribution in [0.25, 0.3) is 0 Å². The fourth-order valence-corrected chi connectivity index (χ4v) is 11.1. The quantitative estimate of drug-likeness (QED) is 0.568. The van der Waals surface area contributed by atoms with Crippen LogP contribution < -0.4 is 0 Å². The molecule has 0 amide bonds. The van der Waals surface area contributed by atoms with Gasteiger partial charge in [0.15, 0.2) is 0 Å². The monoisotopic (exact) mass is 353 g/mol. The maximum absolute atomic E-state index is 8.56. The van der Waals surface area contributed by atoms with Gasteiger partial charge in [-0.15, -0.1) is 0 Å². The second-order valence-electron chi connectivity index (χ2n) is 4.34. The van der Waals surface area contributed by atoms with E-state index in [0.29, 0.717) is 0 Å². The Kier molecular flexibility index (Phi) is 18.3. The van der Waals surface area contributed by atoms with Crippen molar-refractivity contribution >= 4 is 25.9 Å². The van der Waals surface area contributed by atoms with E-state index in [1.165, 1.54) is 38.5 Å². The largest absolute Gasteiger partial charge is 0.503 e. The summed E-state index contributed by atoms with van der Waals surface area (Å²) in [5.41, 5.74) is 0. The van der Waals surface area contributed by atoms with Crippen LogP contribution in [0.2, 0.25) is 13.3 Å². The standard InChI is InChI=1S/3C4H9.CH2O3.Sn/c3*1-3-4-2;2-1(3)4;/h3*1,3-4H2,2H3;(H2,2,3,4);. The molecule has 4 heteroatoms. The molecule has 2 N–H and O–H groups in total. The Bertz CT molecular complexity index is 140. The Morgan fingerprint density at radius 3 is 1.24 bits per heavy atom. The number of hydrogen-bond acceptors (Lipinski definition) is 1. The molecular weight excluding hydrogens is 323 g/mol. The molecule has 0 saturated heterocycles. The average Bonchev–Trinajstić information content (AvgIpc) is 2.27. The van der Waals surface area contributed by atoms with Crippen LogP contribution in [0.15, 0.2) is 0 Å². The second kappa shape index (κ2) is 16.1. The Balaban J connectivity index is 0. The summed E-state index contributed by atoms with van der Waals surface area (Å²) in [6.45, 7) is 7.00.